The normalized spacial score (nSPS) is 23.8. The number of piperazine rings is 1. The molecule has 1 aliphatic heterocycles. The summed E-state index contributed by atoms with van der Waals surface area (Å²) in [4.78, 5) is 2.40. The molecule has 0 amide bonds. The molecule has 1 fully saturated rings. The van der Waals surface area contributed by atoms with Gasteiger partial charge in [0.1, 0.15) is 5.75 Å². The SMILES string of the molecule is COc1ccc(Cl)cc1N1CC(C(C)(C)C)NCC1C. The first kappa shape index (κ1) is 15.5. The highest BCUT2D eigenvalue weighted by Crippen LogP contribution is 2.35. The maximum atomic E-state index is 6.17. The van der Waals surface area contributed by atoms with E-state index in [1.165, 1.54) is 0 Å². The summed E-state index contributed by atoms with van der Waals surface area (Å²) in [5, 5.41) is 4.39. The van der Waals surface area contributed by atoms with E-state index in [1.807, 2.05) is 18.2 Å². The van der Waals surface area contributed by atoms with Gasteiger partial charge in [-0.25, -0.2) is 0 Å². The Morgan fingerprint density at radius 3 is 2.65 bits per heavy atom. The van der Waals surface area contributed by atoms with Crippen molar-refractivity contribution >= 4 is 17.3 Å². The Labute approximate surface area is 127 Å². The number of anilines is 1. The summed E-state index contributed by atoms with van der Waals surface area (Å²) < 4.78 is 5.50. The van der Waals surface area contributed by atoms with Crippen LogP contribution in [0.2, 0.25) is 5.02 Å². The van der Waals surface area contributed by atoms with Gasteiger partial charge < -0.3 is 15.0 Å². The molecule has 1 N–H and O–H groups in total. The average molecular weight is 297 g/mol. The van der Waals surface area contributed by atoms with Gasteiger partial charge in [-0.1, -0.05) is 32.4 Å². The Morgan fingerprint density at radius 1 is 1.35 bits per heavy atom. The first-order valence-electron chi connectivity index (χ1n) is 7.16. The van der Waals surface area contributed by atoms with Crippen molar-refractivity contribution in [1.29, 1.82) is 0 Å². The van der Waals surface area contributed by atoms with Crippen LogP contribution in [-0.2, 0) is 0 Å². The van der Waals surface area contributed by atoms with Crippen LogP contribution in [0.1, 0.15) is 27.7 Å². The molecular formula is C16H25ClN2O. The van der Waals surface area contributed by atoms with Crippen LogP contribution >= 0.6 is 11.6 Å². The van der Waals surface area contributed by atoms with E-state index in [9.17, 15) is 0 Å². The van der Waals surface area contributed by atoms with Crippen LogP contribution in [0.4, 0.5) is 5.69 Å². The molecule has 0 radical (unpaired) electrons. The molecule has 1 aliphatic rings. The fraction of sp³-hybridized carbons (Fsp3) is 0.625. The Hall–Kier alpha value is -0.930. The van der Waals surface area contributed by atoms with E-state index < -0.39 is 0 Å². The van der Waals surface area contributed by atoms with Gasteiger partial charge in [-0.15, -0.1) is 0 Å². The number of nitrogens with one attached hydrogen (secondary N) is 1. The topological polar surface area (TPSA) is 24.5 Å². The summed E-state index contributed by atoms with van der Waals surface area (Å²) in [5.74, 6) is 0.885. The summed E-state index contributed by atoms with van der Waals surface area (Å²) >= 11 is 6.17. The molecular weight excluding hydrogens is 272 g/mol. The lowest BCUT2D eigenvalue weighted by Gasteiger charge is -2.45. The first-order chi connectivity index (χ1) is 9.32. The van der Waals surface area contributed by atoms with Gasteiger partial charge in [0.05, 0.1) is 12.8 Å². The van der Waals surface area contributed by atoms with Gasteiger partial charge in [0, 0.05) is 30.2 Å². The minimum atomic E-state index is 0.226. The molecule has 0 aromatic heterocycles. The maximum Gasteiger partial charge on any atom is 0.142 e. The van der Waals surface area contributed by atoms with Crippen LogP contribution in [0.15, 0.2) is 18.2 Å². The van der Waals surface area contributed by atoms with E-state index in [1.54, 1.807) is 7.11 Å². The summed E-state index contributed by atoms with van der Waals surface area (Å²) in [6.45, 7) is 11.0. The first-order valence-corrected chi connectivity index (χ1v) is 7.54. The molecule has 1 aromatic rings. The summed E-state index contributed by atoms with van der Waals surface area (Å²) in [6.07, 6.45) is 0. The zero-order chi connectivity index (χ0) is 14.9. The van der Waals surface area contributed by atoms with Crippen molar-refractivity contribution < 1.29 is 4.74 Å². The molecule has 2 rings (SSSR count). The fourth-order valence-corrected chi connectivity index (χ4v) is 2.83. The number of ether oxygens (including phenoxy) is 1. The third-order valence-electron chi connectivity index (χ3n) is 4.07. The highest BCUT2D eigenvalue weighted by Gasteiger charge is 2.33. The average Bonchev–Trinajstić information content (AvgIpc) is 2.38. The fourth-order valence-electron chi connectivity index (χ4n) is 2.67. The van der Waals surface area contributed by atoms with Crippen molar-refractivity contribution in [3.8, 4) is 5.75 Å². The highest BCUT2D eigenvalue weighted by atomic mass is 35.5. The van der Waals surface area contributed by atoms with Gasteiger partial charge in [0.15, 0.2) is 0 Å². The Balaban J connectivity index is 2.32. The maximum absolute atomic E-state index is 6.17. The van der Waals surface area contributed by atoms with Crippen LogP contribution in [0.5, 0.6) is 5.75 Å². The Kier molecular flexibility index (Phi) is 4.50. The second-order valence-corrected chi connectivity index (χ2v) is 7.08. The minimum absolute atomic E-state index is 0.226. The Morgan fingerprint density at radius 2 is 2.05 bits per heavy atom. The van der Waals surface area contributed by atoms with Crippen LogP contribution in [0.3, 0.4) is 0 Å². The molecule has 2 atom stereocenters. The molecule has 2 unspecified atom stereocenters. The molecule has 3 nitrogen and oxygen atoms in total. The molecule has 1 saturated heterocycles. The van der Waals surface area contributed by atoms with Gasteiger partial charge in [-0.2, -0.15) is 0 Å². The van der Waals surface area contributed by atoms with E-state index in [4.69, 9.17) is 16.3 Å². The lowest BCUT2D eigenvalue weighted by Crippen LogP contribution is -2.59. The van der Waals surface area contributed by atoms with Crippen molar-refractivity contribution in [3.63, 3.8) is 0 Å². The van der Waals surface area contributed by atoms with Gasteiger partial charge >= 0.3 is 0 Å². The minimum Gasteiger partial charge on any atom is -0.495 e. The number of halogens is 1. The molecule has 112 valence electrons. The summed E-state index contributed by atoms with van der Waals surface area (Å²) in [7, 11) is 1.71. The summed E-state index contributed by atoms with van der Waals surface area (Å²) in [6, 6.07) is 6.68. The van der Waals surface area contributed by atoms with Gasteiger partial charge in [-0.3, -0.25) is 0 Å². The number of methoxy groups -OCH3 is 1. The number of nitrogens with zero attached hydrogens (tertiary/aromatic N) is 1. The predicted molar refractivity (Wildman–Crippen MR) is 86.1 cm³/mol. The number of rotatable bonds is 2. The third kappa shape index (κ3) is 3.21. The third-order valence-corrected chi connectivity index (χ3v) is 4.30. The lowest BCUT2D eigenvalue weighted by molar-refractivity contribution is 0.238. The monoisotopic (exact) mass is 296 g/mol. The van der Waals surface area contributed by atoms with E-state index >= 15 is 0 Å². The van der Waals surface area contributed by atoms with Crippen molar-refractivity contribution in [2.45, 2.75) is 39.8 Å². The number of benzene rings is 1. The van der Waals surface area contributed by atoms with Crippen LogP contribution in [0, 0.1) is 5.41 Å². The van der Waals surface area contributed by atoms with Gasteiger partial charge in [-0.05, 0) is 30.5 Å². The number of hydrogen-bond donors (Lipinski definition) is 1. The molecule has 1 heterocycles. The quantitative estimate of drug-likeness (QED) is 0.903. The molecule has 0 saturated carbocycles. The molecule has 0 bridgehead atoms. The van der Waals surface area contributed by atoms with Gasteiger partial charge in [0.25, 0.3) is 0 Å². The molecule has 0 spiro atoms. The molecule has 0 aliphatic carbocycles. The molecule has 4 heteroatoms. The number of hydrogen-bond acceptors (Lipinski definition) is 3. The van der Waals surface area contributed by atoms with E-state index in [0.29, 0.717) is 12.1 Å². The highest BCUT2D eigenvalue weighted by molar-refractivity contribution is 6.30. The lowest BCUT2D eigenvalue weighted by atomic mass is 9.84. The van der Waals surface area contributed by atoms with Gasteiger partial charge in [0.2, 0.25) is 0 Å². The van der Waals surface area contributed by atoms with Crippen molar-refractivity contribution in [3.05, 3.63) is 23.2 Å². The van der Waals surface area contributed by atoms with Crippen molar-refractivity contribution in [2.24, 2.45) is 5.41 Å². The largest absolute Gasteiger partial charge is 0.495 e. The standard InChI is InChI=1S/C16H25ClN2O/c1-11-9-18-15(16(2,3)4)10-19(11)13-8-12(17)6-7-14(13)20-5/h6-8,11,15,18H,9-10H2,1-5H3. The van der Waals surface area contributed by atoms with Crippen molar-refractivity contribution in [2.75, 3.05) is 25.1 Å². The van der Waals surface area contributed by atoms with Crippen LogP contribution in [0.25, 0.3) is 0 Å². The van der Waals surface area contributed by atoms with E-state index in [2.05, 4.69) is 37.9 Å². The van der Waals surface area contributed by atoms with E-state index in [-0.39, 0.29) is 5.41 Å². The second-order valence-electron chi connectivity index (χ2n) is 6.64. The second kappa shape index (κ2) is 5.82. The smallest absolute Gasteiger partial charge is 0.142 e. The van der Waals surface area contributed by atoms with E-state index in [0.717, 1.165) is 29.5 Å². The van der Waals surface area contributed by atoms with Crippen LogP contribution in [-0.4, -0.2) is 32.3 Å². The molecule has 20 heavy (non-hydrogen) atoms. The predicted octanol–water partition coefficient (Wildman–Crippen LogP) is 3.56. The zero-order valence-electron chi connectivity index (χ0n) is 13.0. The molecule has 1 aromatic carbocycles. The Bertz CT molecular complexity index is 470. The summed E-state index contributed by atoms with van der Waals surface area (Å²) in [5.41, 5.74) is 1.31. The zero-order valence-corrected chi connectivity index (χ0v) is 13.8. The van der Waals surface area contributed by atoms with Crippen LogP contribution < -0.4 is 15.0 Å². The van der Waals surface area contributed by atoms with Crippen molar-refractivity contribution in [1.82, 2.24) is 5.32 Å².